The Morgan fingerprint density at radius 2 is 1.77 bits per heavy atom. The smallest absolute Gasteiger partial charge is 0.314 e. The summed E-state index contributed by atoms with van der Waals surface area (Å²) in [5, 5.41) is 4.42. The van der Waals surface area contributed by atoms with Crippen molar-refractivity contribution in [2.24, 2.45) is 0 Å². The largest absolute Gasteiger partial charge is 0.323 e. The Kier molecular flexibility index (Phi) is 5.21. The van der Waals surface area contributed by atoms with E-state index in [9.17, 15) is 18.0 Å². The van der Waals surface area contributed by atoms with Gasteiger partial charge in [-0.25, -0.2) is 18.0 Å². The summed E-state index contributed by atoms with van der Waals surface area (Å²) in [6, 6.07) is 8.18. The fourth-order valence-corrected chi connectivity index (χ4v) is 2.02. The minimum absolute atomic E-state index is 0.453. The van der Waals surface area contributed by atoms with Crippen molar-refractivity contribution >= 4 is 33.7 Å². The van der Waals surface area contributed by atoms with Crippen LogP contribution in [0.25, 0.3) is 6.08 Å². The first-order valence-electron chi connectivity index (χ1n) is 6.11. The van der Waals surface area contributed by atoms with Crippen LogP contribution in [0.1, 0.15) is 5.56 Å². The zero-order valence-corrected chi connectivity index (χ0v) is 12.6. The number of urea groups is 1. The second-order valence-corrected chi connectivity index (χ2v) is 5.03. The van der Waals surface area contributed by atoms with Gasteiger partial charge in [0, 0.05) is 10.7 Å². The SMILES string of the molecule is O=C(N/C=C/c1ccccc1Br)Nc1ccc(F)c(F)c1F. The first-order valence-corrected chi connectivity index (χ1v) is 6.90. The van der Waals surface area contributed by atoms with E-state index < -0.39 is 29.2 Å². The maximum absolute atomic E-state index is 13.4. The molecular formula is C15H10BrF3N2O. The van der Waals surface area contributed by atoms with Crippen molar-refractivity contribution in [3.05, 3.63) is 70.1 Å². The Hall–Kier alpha value is -2.28. The molecule has 2 amide bonds. The summed E-state index contributed by atoms with van der Waals surface area (Å²) in [6.45, 7) is 0. The van der Waals surface area contributed by atoms with Crippen LogP contribution < -0.4 is 10.6 Å². The molecule has 2 rings (SSSR count). The Labute approximate surface area is 133 Å². The first-order chi connectivity index (χ1) is 10.5. The van der Waals surface area contributed by atoms with Crippen molar-refractivity contribution in [2.75, 3.05) is 5.32 Å². The predicted octanol–water partition coefficient (Wildman–Crippen LogP) is 4.66. The van der Waals surface area contributed by atoms with Gasteiger partial charge in [0.1, 0.15) is 0 Å². The molecule has 7 heteroatoms. The second kappa shape index (κ2) is 7.13. The first kappa shape index (κ1) is 16.1. The topological polar surface area (TPSA) is 41.1 Å². The maximum atomic E-state index is 13.4. The van der Waals surface area contributed by atoms with Crippen molar-refractivity contribution in [3.8, 4) is 0 Å². The molecule has 0 radical (unpaired) electrons. The van der Waals surface area contributed by atoms with Gasteiger partial charge in [-0.15, -0.1) is 0 Å². The fourth-order valence-electron chi connectivity index (χ4n) is 1.60. The molecule has 0 aliphatic rings. The molecule has 2 N–H and O–H groups in total. The zero-order valence-electron chi connectivity index (χ0n) is 11.0. The molecule has 2 aromatic rings. The molecule has 0 saturated heterocycles. The molecule has 0 atom stereocenters. The molecule has 0 heterocycles. The number of benzene rings is 2. The van der Waals surface area contributed by atoms with Gasteiger partial charge in [0.25, 0.3) is 0 Å². The van der Waals surface area contributed by atoms with Gasteiger partial charge in [-0.2, -0.15) is 0 Å². The average Bonchev–Trinajstić information content (AvgIpc) is 2.50. The summed E-state index contributed by atoms with van der Waals surface area (Å²) in [5.74, 6) is -4.41. The molecule has 22 heavy (non-hydrogen) atoms. The van der Waals surface area contributed by atoms with Crippen LogP contribution in [0, 0.1) is 17.5 Å². The molecule has 0 unspecified atom stereocenters. The van der Waals surface area contributed by atoms with Crippen molar-refractivity contribution in [2.45, 2.75) is 0 Å². The summed E-state index contributed by atoms with van der Waals surface area (Å²) in [5.41, 5.74) is 0.368. The van der Waals surface area contributed by atoms with Gasteiger partial charge in [0.2, 0.25) is 0 Å². The van der Waals surface area contributed by atoms with E-state index in [-0.39, 0.29) is 0 Å². The van der Waals surface area contributed by atoms with Crippen LogP contribution in [0.5, 0.6) is 0 Å². The molecule has 0 aromatic heterocycles. The monoisotopic (exact) mass is 370 g/mol. The molecule has 0 saturated carbocycles. The van der Waals surface area contributed by atoms with Gasteiger partial charge in [0.15, 0.2) is 17.5 Å². The molecular weight excluding hydrogens is 361 g/mol. The number of amides is 2. The van der Waals surface area contributed by atoms with E-state index in [0.29, 0.717) is 0 Å². The maximum Gasteiger partial charge on any atom is 0.323 e. The lowest BCUT2D eigenvalue weighted by molar-refractivity contribution is 0.255. The molecule has 0 aliphatic heterocycles. The second-order valence-electron chi connectivity index (χ2n) is 4.18. The molecule has 3 nitrogen and oxygen atoms in total. The van der Waals surface area contributed by atoms with Gasteiger partial charge in [-0.05, 0) is 29.8 Å². The zero-order chi connectivity index (χ0) is 16.1. The van der Waals surface area contributed by atoms with Crippen LogP contribution in [0.3, 0.4) is 0 Å². The van der Waals surface area contributed by atoms with Crippen LogP contribution in [0.15, 0.2) is 47.1 Å². The van der Waals surface area contributed by atoms with E-state index in [4.69, 9.17) is 0 Å². The van der Waals surface area contributed by atoms with Crippen molar-refractivity contribution in [3.63, 3.8) is 0 Å². The summed E-state index contributed by atoms with van der Waals surface area (Å²) in [6.07, 6.45) is 2.96. The Morgan fingerprint density at radius 3 is 2.50 bits per heavy atom. The van der Waals surface area contributed by atoms with Crippen LogP contribution in [-0.2, 0) is 0 Å². The number of halogens is 4. The highest BCUT2D eigenvalue weighted by Crippen LogP contribution is 2.19. The third-order valence-corrected chi connectivity index (χ3v) is 3.39. The summed E-state index contributed by atoms with van der Waals surface area (Å²) >= 11 is 3.34. The fraction of sp³-hybridized carbons (Fsp3) is 0. The van der Waals surface area contributed by atoms with E-state index in [0.717, 1.165) is 22.2 Å². The number of carbonyl (C=O) groups is 1. The van der Waals surface area contributed by atoms with Crippen LogP contribution in [-0.4, -0.2) is 6.03 Å². The Morgan fingerprint density at radius 1 is 1.05 bits per heavy atom. The Bertz CT molecular complexity index is 735. The third kappa shape index (κ3) is 3.88. The molecule has 0 aliphatic carbocycles. The van der Waals surface area contributed by atoms with Crippen molar-refractivity contribution in [1.29, 1.82) is 0 Å². The Balaban J connectivity index is 1.99. The summed E-state index contributed by atoms with van der Waals surface area (Å²) in [7, 11) is 0. The van der Waals surface area contributed by atoms with E-state index in [1.54, 1.807) is 6.08 Å². The van der Waals surface area contributed by atoms with Gasteiger partial charge >= 0.3 is 6.03 Å². The number of nitrogens with one attached hydrogen (secondary N) is 2. The highest BCUT2D eigenvalue weighted by atomic mass is 79.9. The molecule has 114 valence electrons. The molecule has 0 spiro atoms. The highest BCUT2D eigenvalue weighted by molar-refractivity contribution is 9.10. The molecule has 0 bridgehead atoms. The number of rotatable bonds is 3. The lowest BCUT2D eigenvalue weighted by atomic mass is 10.2. The van der Waals surface area contributed by atoms with E-state index >= 15 is 0 Å². The number of hydrogen-bond donors (Lipinski definition) is 2. The predicted molar refractivity (Wildman–Crippen MR) is 81.6 cm³/mol. The standard InChI is InChI=1S/C15H10BrF3N2O/c16-10-4-2-1-3-9(10)7-8-20-15(22)21-12-6-5-11(17)13(18)14(12)19/h1-8H,(H2,20,21,22)/b8-7+. The van der Waals surface area contributed by atoms with Gasteiger partial charge in [-0.1, -0.05) is 34.1 Å². The van der Waals surface area contributed by atoms with Gasteiger partial charge < -0.3 is 10.6 Å². The number of carbonyl (C=O) groups excluding carboxylic acids is 1. The van der Waals surface area contributed by atoms with Crippen LogP contribution in [0.2, 0.25) is 0 Å². The molecule has 0 fully saturated rings. The summed E-state index contributed by atoms with van der Waals surface area (Å²) < 4.78 is 40.0. The normalized spacial score (nSPS) is 10.7. The van der Waals surface area contributed by atoms with Gasteiger partial charge in [-0.3, -0.25) is 0 Å². The van der Waals surface area contributed by atoms with E-state index in [2.05, 4.69) is 26.6 Å². The number of anilines is 1. The van der Waals surface area contributed by atoms with Gasteiger partial charge in [0.05, 0.1) is 5.69 Å². The quantitative estimate of drug-likeness (QED) is 0.758. The molecule has 2 aromatic carbocycles. The average molecular weight is 371 g/mol. The minimum atomic E-state index is -1.64. The van der Waals surface area contributed by atoms with E-state index in [1.165, 1.54) is 6.20 Å². The lowest BCUT2D eigenvalue weighted by Crippen LogP contribution is -2.24. The summed E-state index contributed by atoms with van der Waals surface area (Å²) in [4.78, 5) is 11.6. The highest BCUT2D eigenvalue weighted by Gasteiger charge is 2.14. The van der Waals surface area contributed by atoms with Crippen molar-refractivity contribution < 1.29 is 18.0 Å². The van der Waals surface area contributed by atoms with Crippen LogP contribution >= 0.6 is 15.9 Å². The lowest BCUT2D eigenvalue weighted by Gasteiger charge is -2.06. The van der Waals surface area contributed by atoms with Crippen LogP contribution in [0.4, 0.5) is 23.7 Å². The van der Waals surface area contributed by atoms with Crippen molar-refractivity contribution in [1.82, 2.24) is 5.32 Å². The van der Waals surface area contributed by atoms with E-state index in [1.807, 2.05) is 24.3 Å². The third-order valence-electron chi connectivity index (χ3n) is 2.67. The minimum Gasteiger partial charge on any atom is -0.314 e. The number of hydrogen-bond acceptors (Lipinski definition) is 1.